The lowest BCUT2D eigenvalue weighted by molar-refractivity contribution is 0.289. The van der Waals surface area contributed by atoms with Crippen molar-refractivity contribution in [2.45, 2.75) is 30.5 Å². The van der Waals surface area contributed by atoms with E-state index in [9.17, 15) is 0 Å². The summed E-state index contributed by atoms with van der Waals surface area (Å²) in [6.45, 7) is 4.17. The monoisotopic (exact) mass is 228 g/mol. The summed E-state index contributed by atoms with van der Waals surface area (Å²) in [6.07, 6.45) is 2.23. The molecule has 0 aromatic carbocycles. The second-order valence-corrected chi connectivity index (χ2v) is 4.66. The summed E-state index contributed by atoms with van der Waals surface area (Å²) in [6, 6.07) is 0. The van der Waals surface area contributed by atoms with E-state index in [1.807, 2.05) is 6.92 Å². The highest BCUT2D eigenvalue weighted by Gasteiger charge is 2.10. The Kier molecular flexibility index (Phi) is 4.80. The molecule has 0 spiro atoms. The number of hydrazine groups is 1. The maximum Gasteiger partial charge on any atom is 0.147 e. The van der Waals surface area contributed by atoms with Crippen LogP contribution in [0.1, 0.15) is 18.9 Å². The van der Waals surface area contributed by atoms with E-state index in [0.29, 0.717) is 11.1 Å². The Hall–Kier alpha value is -0.850. The average Bonchev–Trinajstić information content (AvgIpc) is 2.21. The number of aliphatic hydroxyl groups is 1. The van der Waals surface area contributed by atoms with E-state index in [-0.39, 0.29) is 6.61 Å². The van der Waals surface area contributed by atoms with E-state index in [1.165, 1.54) is 6.33 Å². The van der Waals surface area contributed by atoms with Crippen molar-refractivity contribution in [1.29, 1.82) is 0 Å². The molecule has 1 atom stereocenters. The Bertz CT molecular complexity index is 321. The molecule has 5 nitrogen and oxygen atoms in total. The number of nitrogens with one attached hydrogen (secondary N) is 1. The third kappa shape index (κ3) is 3.33. The predicted molar refractivity (Wildman–Crippen MR) is 61.6 cm³/mol. The van der Waals surface area contributed by atoms with Crippen molar-refractivity contribution in [3.63, 3.8) is 0 Å². The van der Waals surface area contributed by atoms with Gasteiger partial charge in [-0.3, -0.25) is 0 Å². The Balaban J connectivity index is 2.76. The van der Waals surface area contributed by atoms with Crippen LogP contribution in [-0.2, 0) is 0 Å². The van der Waals surface area contributed by atoms with Crippen molar-refractivity contribution in [3.8, 4) is 0 Å². The standard InChI is InChI=1S/C9H16N4OS/c1-6(3-4-14)15-9-7(2)8(13-10)11-5-12-9/h5-6,14H,3-4,10H2,1-2H3,(H,11,12,13). The largest absolute Gasteiger partial charge is 0.396 e. The second-order valence-electron chi connectivity index (χ2n) is 3.24. The molecule has 6 heteroatoms. The summed E-state index contributed by atoms with van der Waals surface area (Å²) in [5.74, 6) is 5.96. The summed E-state index contributed by atoms with van der Waals surface area (Å²) in [4.78, 5) is 8.18. The van der Waals surface area contributed by atoms with Gasteiger partial charge in [-0.25, -0.2) is 15.8 Å². The van der Waals surface area contributed by atoms with Crippen LogP contribution in [0.2, 0.25) is 0 Å². The van der Waals surface area contributed by atoms with Crippen LogP contribution in [0.25, 0.3) is 0 Å². The highest BCUT2D eigenvalue weighted by Crippen LogP contribution is 2.28. The van der Waals surface area contributed by atoms with Crippen molar-refractivity contribution in [2.75, 3.05) is 12.0 Å². The zero-order valence-electron chi connectivity index (χ0n) is 8.90. The first-order valence-corrected chi connectivity index (χ1v) is 5.62. The summed E-state index contributed by atoms with van der Waals surface area (Å²) < 4.78 is 0. The minimum atomic E-state index is 0.195. The number of anilines is 1. The highest BCUT2D eigenvalue weighted by molar-refractivity contribution is 7.99. The molecule has 1 heterocycles. The number of nitrogen functional groups attached to an aromatic ring is 1. The normalized spacial score (nSPS) is 12.5. The van der Waals surface area contributed by atoms with Gasteiger partial charge in [-0.05, 0) is 13.3 Å². The van der Waals surface area contributed by atoms with Gasteiger partial charge in [0.15, 0.2) is 0 Å². The van der Waals surface area contributed by atoms with E-state index in [4.69, 9.17) is 10.9 Å². The fourth-order valence-corrected chi connectivity index (χ4v) is 2.12. The molecule has 1 unspecified atom stereocenters. The van der Waals surface area contributed by atoms with E-state index in [0.717, 1.165) is 17.0 Å². The molecule has 4 N–H and O–H groups in total. The van der Waals surface area contributed by atoms with Crippen LogP contribution in [0.4, 0.5) is 5.82 Å². The lowest BCUT2D eigenvalue weighted by atomic mass is 10.3. The molecule has 0 saturated heterocycles. The van der Waals surface area contributed by atoms with Crippen molar-refractivity contribution in [2.24, 2.45) is 5.84 Å². The number of hydrogen-bond acceptors (Lipinski definition) is 6. The van der Waals surface area contributed by atoms with Gasteiger partial charge < -0.3 is 10.5 Å². The molecule has 0 bridgehead atoms. The van der Waals surface area contributed by atoms with Crippen LogP contribution < -0.4 is 11.3 Å². The number of rotatable bonds is 5. The SMILES string of the molecule is Cc1c(NN)ncnc1SC(C)CCO. The summed E-state index contributed by atoms with van der Waals surface area (Å²) in [7, 11) is 0. The highest BCUT2D eigenvalue weighted by atomic mass is 32.2. The Labute approximate surface area is 93.5 Å². The fourth-order valence-electron chi connectivity index (χ4n) is 1.13. The molecule has 0 aliphatic rings. The summed E-state index contributed by atoms with van der Waals surface area (Å²) >= 11 is 1.62. The molecule has 1 rings (SSSR count). The molecule has 0 aliphatic heterocycles. The van der Waals surface area contributed by atoms with Gasteiger partial charge in [-0.1, -0.05) is 6.92 Å². The van der Waals surface area contributed by atoms with Crippen LogP contribution in [0.5, 0.6) is 0 Å². The molecule has 1 aromatic heterocycles. The molecule has 15 heavy (non-hydrogen) atoms. The number of nitrogens with two attached hydrogens (primary N) is 1. The summed E-state index contributed by atoms with van der Waals surface area (Å²) in [5.41, 5.74) is 3.47. The topological polar surface area (TPSA) is 84.1 Å². The Morgan fingerprint density at radius 3 is 2.93 bits per heavy atom. The first-order chi connectivity index (χ1) is 7.19. The quantitative estimate of drug-likeness (QED) is 0.301. The van der Waals surface area contributed by atoms with Crippen LogP contribution in [0.3, 0.4) is 0 Å². The first kappa shape index (κ1) is 12.2. The molecule has 0 radical (unpaired) electrons. The van der Waals surface area contributed by atoms with Gasteiger partial charge in [0.05, 0.1) is 0 Å². The Morgan fingerprint density at radius 2 is 2.33 bits per heavy atom. The van der Waals surface area contributed by atoms with E-state index < -0.39 is 0 Å². The minimum absolute atomic E-state index is 0.195. The molecular formula is C9H16N4OS. The van der Waals surface area contributed by atoms with Crippen molar-refractivity contribution < 1.29 is 5.11 Å². The van der Waals surface area contributed by atoms with Crippen LogP contribution in [-0.4, -0.2) is 26.9 Å². The van der Waals surface area contributed by atoms with Crippen molar-refractivity contribution in [1.82, 2.24) is 9.97 Å². The number of thioether (sulfide) groups is 1. The number of hydrogen-bond donors (Lipinski definition) is 3. The minimum Gasteiger partial charge on any atom is -0.396 e. The Morgan fingerprint density at radius 1 is 1.60 bits per heavy atom. The molecule has 0 fully saturated rings. The van der Waals surface area contributed by atoms with Crippen LogP contribution in [0, 0.1) is 6.92 Å². The molecule has 84 valence electrons. The number of aliphatic hydroxyl groups excluding tert-OH is 1. The zero-order chi connectivity index (χ0) is 11.3. The van der Waals surface area contributed by atoms with Gasteiger partial charge >= 0.3 is 0 Å². The van der Waals surface area contributed by atoms with Crippen LogP contribution >= 0.6 is 11.8 Å². The maximum atomic E-state index is 8.81. The molecule has 1 aromatic rings. The van der Waals surface area contributed by atoms with E-state index in [1.54, 1.807) is 11.8 Å². The van der Waals surface area contributed by atoms with Crippen molar-refractivity contribution >= 4 is 17.6 Å². The van der Waals surface area contributed by atoms with Gasteiger partial charge in [0.1, 0.15) is 17.2 Å². The maximum absolute atomic E-state index is 8.81. The molecular weight excluding hydrogens is 212 g/mol. The van der Waals surface area contributed by atoms with E-state index >= 15 is 0 Å². The smallest absolute Gasteiger partial charge is 0.147 e. The van der Waals surface area contributed by atoms with E-state index in [2.05, 4.69) is 22.3 Å². The summed E-state index contributed by atoms with van der Waals surface area (Å²) in [5, 5.41) is 10.0. The molecule has 0 saturated carbocycles. The molecule has 0 aliphatic carbocycles. The first-order valence-electron chi connectivity index (χ1n) is 4.74. The third-order valence-corrected chi connectivity index (χ3v) is 3.30. The number of nitrogens with zero attached hydrogens (tertiary/aromatic N) is 2. The second kappa shape index (κ2) is 5.89. The van der Waals surface area contributed by atoms with Gasteiger partial charge in [0.2, 0.25) is 0 Å². The van der Waals surface area contributed by atoms with Gasteiger partial charge in [0, 0.05) is 17.4 Å². The fraction of sp³-hybridized carbons (Fsp3) is 0.556. The average molecular weight is 228 g/mol. The molecule has 0 amide bonds. The lowest BCUT2D eigenvalue weighted by Crippen LogP contribution is -2.11. The van der Waals surface area contributed by atoms with Gasteiger partial charge in [-0.15, -0.1) is 11.8 Å². The zero-order valence-corrected chi connectivity index (χ0v) is 9.71. The van der Waals surface area contributed by atoms with Gasteiger partial charge in [-0.2, -0.15) is 0 Å². The number of aromatic nitrogens is 2. The lowest BCUT2D eigenvalue weighted by Gasteiger charge is -2.12. The van der Waals surface area contributed by atoms with Crippen LogP contribution in [0.15, 0.2) is 11.4 Å². The predicted octanol–water partition coefficient (Wildman–Crippen LogP) is 0.934. The van der Waals surface area contributed by atoms with Crippen molar-refractivity contribution in [3.05, 3.63) is 11.9 Å². The van der Waals surface area contributed by atoms with Gasteiger partial charge in [0.25, 0.3) is 0 Å². The third-order valence-electron chi connectivity index (χ3n) is 2.02.